The van der Waals surface area contributed by atoms with E-state index in [9.17, 15) is 4.79 Å². The molecular weight excluding hydrogens is 266 g/mol. The van der Waals surface area contributed by atoms with Crippen molar-refractivity contribution in [3.05, 3.63) is 47.8 Å². The number of aromatic amines is 1. The highest BCUT2D eigenvalue weighted by molar-refractivity contribution is 5.89. The molecule has 106 valence electrons. The van der Waals surface area contributed by atoms with Crippen molar-refractivity contribution in [2.45, 2.75) is 13.8 Å². The number of carbonyl (C=O) groups excluding carboxylic acids is 1. The van der Waals surface area contributed by atoms with Gasteiger partial charge in [0.15, 0.2) is 11.5 Å². The first-order valence-corrected chi connectivity index (χ1v) is 6.79. The summed E-state index contributed by atoms with van der Waals surface area (Å²) in [5.41, 5.74) is 2.58. The second kappa shape index (κ2) is 5.36. The number of rotatable bonds is 3. The Bertz CT molecular complexity index is 808. The molecule has 3 rings (SSSR count). The number of hydrogen-bond acceptors (Lipinski definition) is 4. The quantitative estimate of drug-likeness (QED) is 0.749. The number of ether oxygens (including phenoxy) is 1. The summed E-state index contributed by atoms with van der Waals surface area (Å²) in [6, 6.07) is 11.7. The summed E-state index contributed by atoms with van der Waals surface area (Å²) in [6.07, 6.45) is 0. The number of imidazole rings is 1. The smallest absolute Gasteiger partial charge is 0.358 e. The third kappa shape index (κ3) is 2.50. The number of fused-ring (bicyclic) bond motifs is 1. The van der Waals surface area contributed by atoms with Crippen molar-refractivity contribution in [2.24, 2.45) is 0 Å². The van der Waals surface area contributed by atoms with Crippen LogP contribution in [0.15, 0.2) is 36.4 Å². The molecule has 0 aliphatic carbocycles. The molecule has 21 heavy (non-hydrogen) atoms. The van der Waals surface area contributed by atoms with Gasteiger partial charge in [0.2, 0.25) is 0 Å². The molecule has 0 aliphatic heterocycles. The minimum atomic E-state index is -0.418. The molecule has 0 aliphatic rings. The second-order valence-corrected chi connectivity index (χ2v) is 4.67. The van der Waals surface area contributed by atoms with Crippen molar-refractivity contribution in [1.82, 2.24) is 15.0 Å². The molecule has 5 nitrogen and oxygen atoms in total. The first-order chi connectivity index (χ1) is 10.2. The average molecular weight is 281 g/mol. The molecule has 3 aromatic rings. The maximum Gasteiger partial charge on any atom is 0.358 e. The lowest BCUT2D eigenvalue weighted by atomic mass is 10.2. The van der Waals surface area contributed by atoms with Crippen molar-refractivity contribution in [1.29, 1.82) is 0 Å². The maximum absolute atomic E-state index is 11.8. The third-order valence-corrected chi connectivity index (χ3v) is 3.19. The summed E-state index contributed by atoms with van der Waals surface area (Å²) in [7, 11) is 0. The van der Waals surface area contributed by atoms with Crippen LogP contribution in [0.4, 0.5) is 0 Å². The van der Waals surface area contributed by atoms with Gasteiger partial charge in [-0.1, -0.05) is 24.3 Å². The van der Waals surface area contributed by atoms with E-state index in [-0.39, 0.29) is 0 Å². The number of benzene rings is 1. The molecule has 2 heterocycles. The van der Waals surface area contributed by atoms with Gasteiger partial charge < -0.3 is 9.72 Å². The van der Waals surface area contributed by atoms with Crippen LogP contribution in [0.5, 0.6) is 0 Å². The molecule has 0 amide bonds. The van der Waals surface area contributed by atoms with Crippen molar-refractivity contribution in [2.75, 3.05) is 6.61 Å². The molecule has 0 atom stereocenters. The third-order valence-electron chi connectivity index (χ3n) is 3.19. The average Bonchev–Trinajstić information content (AvgIpc) is 2.89. The topological polar surface area (TPSA) is 67.9 Å². The Labute approximate surface area is 122 Å². The van der Waals surface area contributed by atoms with E-state index < -0.39 is 5.97 Å². The normalized spacial score (nSPS) is 10.8. The van der Waals surface area contributed by atoms with Gasteiger partial charge in [0, 0.05) is 11.1 Å². The van der Waals surface area contributed by atoms with Crippen LogP contribution in [0.1, 0.15) is 23.1 Å². The Morgan fingerprint density at radius 2 is 2.00 bits per heavy atom. The minimum absolute atomic E-state index is 0.307. The van der Waals surface area contributed by atoms with Gasteiger partial charge in [-0.05, 0) is 26.0 Å². The Kier molecular flexibility index (Phi) is 3.39. The van der Waals surface area contributed by atoms with Crippen LogP contribution < -0.4 is 0 Å². The number of nitrogens with one attached hydrogen (secondary N) is 1. The molecule has 0 bridgehead atoms. The van der Waals surface area contributed by atoms with Crippen LogP contribution in [-0.4, -0.2) is 27.5 Å². The van der Waals surface area contributed by atoms with Crippen LogP contribution in [-0.2, 0) is 4.74 Å². The minimum Gasteiger partial charge on any atom is -0.461 e. The molecule has 0 spiro atoms. The zero-order chi connectivity index (χ0) is 14.8. The van der Waals surface area contributed by atoms with Gasteiger partial charge in [-0.15, -0.1) is 0 Å². The number of para-hydroxylation sites is 1. The number of pyridine rings is 1. The highest BCUT2D eigenvalue weighted by Crippen LogP contribution is 2.20. The van der Waals surface area contributed by atoms with Gasteiger partial charge in [0.1, 0.15) is 5.69 Å². The van der Waals surface area contributed by atoms with Crippen molar-refractivity contribution < 1.29 is 9.53 Å². The summed E-state index contributed by atoms with van der Waals surface area (Å²) < 4.78 is 4.99. The number of aryl methyl sites for hydroxylation is 1. The Balaban J connectivity index is 2.02. The predicted molar refractivity (Wildman–Crippen MR) is 80.0 cm³/mol. The standard InChI is InChI=1S/C16H15N3O2/c1-3-21-16(20)14-10(2)17-15(19-14)13-9-8-11-6-4-5-7-12(11)18-13/h4-9H,3H2,1-2H3,(H,17,19). The number of hydrogen-bond donors (Lipinski definition) is 1. The lowest BCUT2D eigenvalue weighted by Gasteiger charge is -2.00. The van der Waals surface area contributed by atoms with E-state index in [1.165, 1.54) is 0 Å². The van der Waals surface area contributed by atoms with Crippen LogP contribution in [0.2, 0.25) is 0 Å². The van der Waals surface area contributed by atoms with E-state index in [1.807, 2.05) is 36.4 Å². The van der Waals surface area contributed by atoms with Crippen LogP contribution >= 0.6 is 0 Å². The number of nitrogens with zero attached hydrogens (tertiary/aromatic N) is 2. The fourth-order valence-corrected chi connectivity index (χ4v) is 2.18. The molecule has 2 aromatic heterocycles. The van der Waals surface area contributed by atoms with E-state index in [1.54, 1.807) is 13.8 Å². The highest BCUT2D eigenvalue weighted by Gasteiger charge is 2.17. The zero-order valence-electron chi connectivity index (χ0n) is 11.9. The molecule has 0 unspecified atom stereocenters. The fraction of sp³-hybridized carbons (Fsp3) is 0.188. The fourth-order valence-electron chi connectivity index (χ4n) is 2.18. The SMILES string of the molecule is CCOC(=O)c1nc(-c2ccc3ccccc3n2)[nH]c1C. The van der Waals surface area contributed by atoms with Gasteiger partial charge in [0.25, 0.3) is 0 Å². The van der Waals surface area contributed by atoms with Gasteiger partial charge in [-0.3, -0.25) is 0 Å². The van der Waals surface area contributed by atoms with E-state index >= 15 is 0 Å². The number of carbonyl (C=O) groups is 1. The predicted octanol–water partition coefficient (Wildman–Crippen LogP) is 3.11. The van der Waals surface area contributed by atoms with Crippen LogP contribution in [0.3, 0.4) is 0 Å². The molecule has 1 N–H and O–H groups in total. The lowest BCUT2D eigenvalue weighted by Crippen LogP contribution is -2.06. The molecular formula is C16H15N3O2. The van der Waals surface area contributed by atoms with E-state index in [0.29, 0.717) is 29.5 Å². The van der Waals surface area contributed by atoms with E-state index in [2.05, 4.69) is 15.0 Å². The van der Waals surface area contributed by atoms with Crippen LogP contribution in [0.25, 0.3) is 22.4 Å². The first kappa shape index (κ1) is 13.3. The Morgan fingerprint density at radius 1 is 1.19 bits per heavy atom. The van der Waals surface area contributed by atoms with Gasteiger partial charge in [0.05, 0.1) is 12.1 Å². The summed E-state index contributed by atoms with van der Waals surface area (Å²) in [4.78, 5) is 23.8. The molecule has 5 heteroatoms. The molecule has 0 saturated heterocycles. The highest BCUT2D eigenvalue weighted by atomic mass is 16.5. The first-order valence-electron chi connectivity index (χ1n) is 6.79. The summed E-state index contributed by atoms with van der Waals surface area (Å²) >= 11 is 0. The molecule has 0 saturated carbocycles. The van der Waals surface area contributed by atoms with Crippen LogP contribution in [0, 0.1) is 6.92 Å². The van der Waals surface area contributed by atoms with Gasteiger partial charge in [-0.2, -0.15) is 0 Å². The van der Waals surface area contributed by atoms with Gasteiger partial charge in [-0.25, -0.2) is 14.8 Å². The zero-order valence-corrected chi connectivity index (χ0v) is 11.9. The molecule has 1 aromatic carbocycles. The lowest BCUT2D eigenvalue weighted by molar-refractivity contribution is 0.0519. The number of aromatic nitrogens is 3. The largest absolute Gasteiger partial charge is 0.461 e. The Morgan fingerprint density at radius 3 is 2.81 bits per heavy atom. The van der Waals surface area contributed by atoms with E-state index in [4.69, 9.17) is 4.74 Å². The number of esters is 1. The van der Waals surface area contributed by atoms with E-state index in [0.717, 1.165) is 10.9 Å². The summed E-state index contributed by atoms with van der Waals surface area (Å²) in [6.45, 7) is 3.89. The van der Waals surface area contributed by atoms with Crippen molar-refractivity contribution in [3.8, 4) is 11.5 Å². The number of H-pyrrole nitrogens is 1. The van der Waals surface area contributed by atoms with Gasteiger partial charge >= 0.3 is 5.97 Å². The molecule has 0 fully saturated rings. The van der Waals surface area contributed by atoms with Crippen molar-refractivity contribution >= 4 is 16.9 Å². The summed E-state index contributed by atoms with van der Waals surface area (Å²) in [5, 5.41) is 1.06. The maximum atomic E-state index is 11.8. The second-order valence-electron chi connectivity index (χ2n) is 4.67. The monoisotopic (exact) mass is 281 g/mol. The Hall–Kier alpha value is -2.69. The summed E-state index contributed by atoms with van der Waals surface area (Å²) in [5.74, 6) is 0.152. The van der Waals surface area contributed by atoms with Crippen molar-refractivity contribution in [3.63, 3.8) is 0 Å². The molecule has 0 radical (unpaired) electrons.